The number of thiol groups is 1. The van der Waals surface area contributed by atoms with Gasteiger partial charge in [0.15, 0.2) is 11.5 Å². The Hall–Kier alpha value is -1.56. The number of aromatic nitrogens is 2. The summed E-state index contributed by atoms with van der Waals surface area (Å²) in [5.74, 6) is -0.717. The van der Waals surface area contributed by atoms with Crippen molar-refractivity contribution in [1.29, 1.82) is 0 Å². The Morgan fingerprint density at radius 3 is 3.00 bits per heavy atom. The molecule has 0 unspecified atom stereocenters. The van der Waals surface area contributed by atoms with E-state index in [1.54, 1.807) is 12.2 Å². The third kappa shape index (κ3) is 2.46. The van der Waals surface area contributed by atoms with Gasteiger partial charge in [0.2, 0.25) is 0 Å². The van der Waals surface area contributed by atoms with Gasteiger partial charge in [-0.1, -0.05) is 6.08 Å². The van der Waals surface area contributed by atoms with Gasteiger partial charge in [-0.2, -0.15) is 12.6 Å². The first-order valence-electron chi connectivity index (χ1n) is 3.78. The Balaban J connectivity index is 3.06. The van der Waals surface area contributed by atoms with Crippen LogP contribution >= 0.6 is 12.6 Å². The maximum Gasteiger partial charge on any atom is 0.358 e. The molecule has 1 aromatic heterocycles. The molecule has 0 aromatic carbocycles. The van der Waals surface area contributed by atoms with E-state index >= 15 is 0 Å². The SMILES string of the molecule is Nc1ncc(C=CCS)nc1C(=O)O. The minimum atomic E-state index is -1.18. The molecule has 14 heavy (non-hydrogen) atoms. The third-order valence-electron chi connectivity index (χ3n) is 1.42. The van der Waals surface area contributed by atoms with Gasteiger partial charge in [0.25, 0.3) is 0 Å². The highest BCUT2D eigenvalue weighted by Gasteiger charge is 2.10. The average molecular weight is 211 g/mol. The molecule has 0 aliphatic carbocycles. The molecular weight excluding hydrogens is 202 g/mol. The summed E-state index contributed by atoms with van der Waals surface area (Å²) in [4.78, 5) is 18.1. The van der Waals surface area contributed by atoms with Crippen LogP contribution in [0, 0.1) is 0 Å². The Morgan fingerprint density at radius 1 is 1.71 bits per heavy atom. The number of aromatic carboxylic acids is 1. The Labute approximate surface area is 86.1 Å². The summed E-state index contributed by atoms with van der Waals surface area (Å²) in [5.41, 5.74) is 5.54. The second kappa shape index (κ2) is 4.61. The number of carboxylic acid groups (broad SMARTS) is 1. The van der Waals surface area contributed by atoms with Crippen molar-refractivity contribution < 1.29 is 9.90 Å². The molecule has 0 radical (unpaired) electrons. The number of rotatable bonds is 3. The largest absolute Gasteiger partial charge is 0.476 e. The molecule has 0 saturated heterocycles. The molecule has 0 fully saturated rings. The monoisotopic (exact) mass is 211 g/mol. The molecule has 0 saturated carbocycles. The van der Waals surface area contributed by atoms with Gasteiger partial charge in [0, 0.05) is 5.75 Å². The van der Waals surface area contributed by atoms with Crippen LogP contribution in [-0.2, 0) is 0 Å². The zero-order chi connectivity index (χ0) is 10.6. The second-order valence-corrected chi connectivity index (χ2v) is 2.78. The Bertz CT molecular complexity index is 379. The quantitative estimate of drug-likeness (QED) is 0.640. The smallest absolute Gasteiger partial charge is 0.358 e. The summed E-state index contributed by atoms with van der Waals surface area (Å²) in [6.07, 6.45) is 4.77. The fourth-order valence-electron chi connectivity index (χ4n) is 0.823. The van der Waals surface area contributed by atoms with Gasteiger partial charge >= 0.3 is 5.97 Å². The minimum absolute atomic E-state index is 0.0828. The van der Waals surface area contributed by atoms with E-state index in [0.29, 0.717) is 11.4 Å². The molecule has 0 bridgehead atoms. The highest BCUT2D eigenvalue weighted by Crippen LogP contribution is 2.07. The van der Waals surface area contributed by atoms with Crippen LogP contribution in [0.1, 0.15) is 16.2 Å². The summed E-state index contributed by atoms with van der Waals surface area (Å²) in [6, 6.07) is 0. The zero-order valence-electron chi connectivity index (χ0n) is 7.21. The number of carbonyl (C=O) groups is 1. The van der Waals surface area contributed by atoms with Crippen molar-refractivity contribution >= 4 is 30.5 Å². The van der Waals surface area contributed by atoms with Crippen LogP contribution < -0.4 is 5.73 Å². The number of carboxylic acids is 1. The van der Waals surface area contributed by atoms with Gasteiger partial charge in [0.05, 0.1) is 11.9 Å². The van der Waals surface area contributed by atoms with E-state index in [2.05, 4.69) is 22.6 Å². The predicted octanol–water partition coefficient (Wildman–Crippen LogP) is 0.700. The first-order chi connectivity index (χ1) is 6.65. The maximum absolute atomic E-state index is 10.6. The van der Waals surface area contributed by atoms with Gasteiger partial charge < -0.3 is 10.8 Å². The van der Waals surface area contributed by atoms with Crippen LogP contribution in [0.15, 0.2) is 12.3 Å². The number of nitrogens with zero attached hydrogens (tertiary/aromatic N) is 2. The Morgan fingerprint density at radius 2 is 2.43 bits per heavy atom. The minimum Gasteiger partial charge on any atom is -0.476 e. The summed E-state index contributed by atoms with van der Waals surface area (Å²) in [5, 5.41) is 8.69. The van der Waals surface area contributed by atoms with Gasteiger partial charge in [-0.3, -0.25) is 0 Å². The molecule has 1 aromatic rings. The van der Waals surface area contributed by atoms with Crippen molar-refractivity contribution in [3.8, 4) is 0 Å². The predicted molar refractivity (Wildman–Crippen MR) is 56.3 cm³/mol. The summed E-state index contributed by atoms with van der Waals surface area (Å²) < 4.78 is 0. The van der Waals surface area contributed by atoms with Crippen molar-refractivity contribution in [2.75, 3.05) is 11.5 Å². The molecular formula is C8H9N3O2S. The molecule has 0 atom stereocenters. The topological polar surface area (TPSA) is 89.1 Å². The molecule has 1 heterocycles. The van der Waals surface area contributed by atoms with Crippen LogP contribution in [0.2, 0.25) is 0 Å². The van der Waals surface area contributed by atoms with Crippen LogP contribution in [-0.4, -0.2) is 26.8 Å². The lowest BCUT2D eigenvalue weighted by molar-refractivity contribution is 0.0691. The average Bonchev–Trinajstić information content (AvgIpc) is 2.16. The third-order valence-corrected chi connectivity index (χ3v) is 1.63. The van der Waals surface area contributed by atoms with E-state index in [1.165, 1.54) is 6.20 Å². The molecule has 74 valence electrons. The molecule has 3 N–H and O–H groups in total. The molecule has 0 amide bonds. The first-order valence-corrected chi connectivity index (χ1v) is 4.41. The van der Waals surface area contributed by atoms with Crippen molar-refractivity contribution in [3.05, 3.63) is 23.7 Å². The van der Waals surface area contributed by atoms with Crippen molar-refractivity contribution in [2.24, 2.45) is 0 Å². The summed E-state index contributed by atoms with van der Waals surface area (Å²) in [7, 11) is 0. The first kappa shape index (κ1) is 10.5. The molecule has 0 aliphatic heterocycles. The van der Waals surface area contributed by atoms with Crippen LogP contribution in [0.3, 0.4) is 0 Å². The van der Waals surface area contributed by atoms with E-state index in [4.69, 9.17) is 10.8 Å². The second-order valence-electron chi connectivity index (χ2n) is 2.42. The van der Waals surface area contributed by atoms with Crippen LogP contribution in [0.25, 0.3) is 6.08 Å². The normalized spacial score (nSPS) is 10.6. The van der Waals surface area contributed by atoms with E-state index in [0.717, 1.165) is 0 Å². The highest BCUT2D eigenvalue weighted by molar-refractivity contribution is 7.80. The van der Waals surface area contributed by atoms with E-state index < -0.39 is 5.97 Å². The summed E-state index contributed by atoms with van der Waals surface area (Å²) >= 11 is 3.96. The molecule has 5 nitrogen and oxygen atoms in total. The number of nitrogens with two attached hydrogens (primary N) is 1. The maximum atomic E-state index is 10.6. The fraction of sp³-hybridized carbons (Fsp3) is 0.125. The molecule has 0 spiro atoms. The molecule has 1 rings (SSSR count). The van der Waals surface area contributed by atoms with E-state index in [1.807, 2.05) is 0 Å². The van der Waals surface area contributed by atoms with Gasteiger partial charge in [0.1, 0.15) is 0 Å². The van der Waals surface area contributed by atoms with Crippen molar-refractivity contribution in [2.45, 2.75) is 0 Å². The van der Waals surface area contributed by atoms with Crippen molar-refractivity contribution in [1.82, 2.24) is 9.97 Å². The number of hydrogen-bond donors (Lipinski definition) is 3. The zero-order valence-corrected chi connectivity index (χ0v) is 8.11. The lowest BCUT2D eigenvalue weighted by atomic mass is 10.3. The lowest BCUT2D eigenvalue weighted by Gasteiger charge is -1.99. The van der Waals surface area contributed by atoms with Gasteiger partial charge in [-0.25, -0.2) is 14.8 Å². The molecule has 6 heteroatoms. The number of hydrogen-bond acceptors (Lipinski definition) is 5. The highest BCUT2D eigenvalue weighted by atomic mass is 32.1. The lowest BCUT2D eigenvalue weighted by Crippen LogP contribution is -2.08. The van der Waals surface area contributed by atoms with E-state index in [9.17, 15) is 4.79 Å². The summed E-state index contributed by atoms with van der Waals surface area (Å²) in [6.45, 7) is 0. The van der Waals surface area contributed by atoms with Crippen molar-refractivity contribution in [3.63, 3.8) is 0 Å². The fourth-order valence-corrected chi connectivity index (χ4v) is 0.929. The number of nitrogen functional groups attached to an aromatic ring is 1. The van der Waals surface area contributed by atoms with Crippen LogP contribution in [0.4, 0.5) is 5.82 Å². The van der Waals surface area contributed by atoms with Gasteiger partial charge in [-0.05, 0) is 6.08 Å². The van der Waals surface area contributed by atoms with Crippen LogP contribution in [0.5, 0.6) is 0 Å². The van der Waals surface area contributed by atoms with E-state index in [-0.39, 0.29) is 11.5 Å². The van der Waals surface area contributed by atoms with Gasteiger partial charge in [-0.15, -0.1) is 0 Å². The standard InChI is InChI=1S/C8H9N3O2S/c9-7-6(8(12)13)11-5(4-10-7)2-1-3-14/h1-2,4,14H,3H2,(H2,9,10)(H,12,13). The number of anilines is 1. The molecule has 0 aliphatic rings. The Kier molecular flexibility index (Phi) is 3.47.